The second-order valence-electron chi connectivity index (χ2n) is 5.28. The number of nitrogens with zero attached hydrogens (tertiary/aromatic N) is 4. The highest BCUT2D eigenvalue weighted by Gasteiger charge is 2.16. The summed E-state index contributed by atoms with van der Waals surface area (Å²) in [5, 5.41) is 0. The quantitative estimate of drug-likeness (QED) is 0.763. The molecule has 2 aromatic heterocycles. The molecule has 2 aromatic rings. The summed E-state index contributed by atoms with van der Waals surface area (Å²) in [6, 6.07) is 0. The summed E-state index contributed by atoms with van der Waals surface area (Å²) < 4.78 is 1.44. The predicted molar refractivity (Wildman–Crippen MR) is 69.2 cm³/mol. The maximum absolute atomic E-state index is 11.2. The lowest BCUT2D eigenvalue weighted by Crippen LogP contribution is -2.19. The van der Waals surface area contributed by atoms with Crippen molar-refractivity contribution in [1.29, 1.82) is 0 Å². The Morgan fingerprint density at radius 1 is 1.00 bits per heavy atom. The van der Waals surface area contributed by atoms with Crippen molar-refractivity contribution >= 4 is 0 Å². The highest BCUT2D eigenvalue weighted by molar-refractivity contribution is 5.58. The summed E-state index contributed by atoms with van der Waals surface area (Å²) in [5.74, 6) is 0.795. The summed E-state index contributed by atoms with van der Waals surface area (Å²) in [4.78, 5) is 23.7. The van der Waals surface area contributed by atoms with Crippen LogP contribution in [0.4, 0.5) is 0 Å². The smallest absolute Gasteiger partial charge is 0.302 e. The van der Waals surface area contributed by atoms with Crippen LogP contribution in [0.1, 0.15) is 26.6 Å². The monoisotopic (exact) mass is 244 g/mol. The summed E-state index contributed by atoms with van der Waals surface area (Å²) in [6.07, 6.45) is 6.78. The molecular formula is C13H16N4O. The van der Waals surface area contributed by atoms with Gasteiger partial charge in [0.05, 0.1) is 0 Å². The van der Waals surface area contributed by atoms with Gasteiger partial charge in [0.15, 0.2) is 0 Å². The van der Waals surface area contributed by atoms with Gasteiger partial charge in [-0.2, -0.15) is 0 Å². The van der Waals surface area contributed by atoms with Crippen molar-refractivity contribution in [2.24, 2.45) is 7.05 Å². The lowest BCUT2D eigenvalue weighted by atomic mass is 9.95. The minimum atomic E-state index is -0.272. The number of rotatable bonds is 1. The molecule has 0 radical (unpaired) electrons. The first kappa shape index (κ1) is 12.4. The van der Waals surface area contributed by atoms with E-state index in [4.69, 9.17) is 0 Å². The SMILES string of the molecule is Cn1cc(-c2cnc(C(C)(C)C)nc2)cnc1=O. The van der Waals surface area contributed by atoms with E-state index in [1.807, 2.05) is 0 Å². The Morgan fingerprint density at radius 3 is 2.06 bits per heavy atom. The van der Waals surface area contributed by atoms with Gasteiger partial charge in [0.25, 0.3) is 0 Å². The zero-order valence-corrected chi connectivity index (χ0v) is 11.0. The molecule has 5 heteroatoms. The number of hydrogen-bond acceptors (Lipinski definition) is 4. The largest absolute Gasteiger partial charge is 0.347 e. The Kier molecular flexibility index (Phi) is 2.98. The van der Waals surface area contributed by atoms with Gasteiger partial charge in [-0.05, 0) is 0 Å². The van der Waals surface area contributed by atoms with Crippen LogP contribution in [0.2, 0.25) is 0 Å². The molecular weight excluding hydrogens is 228 g/mol. The Hall–Kier alpha value is -2.04. The molecule has 2 heterocycles. The average Bonchev–Trinajstić information content (AvgIpc) is 2.32. The van der Waals surface area contributed by atoms with Gasteiger partial charge in [-0.1, -0.05) is 20.8 Å². The van der Waals surface area contributed by atoms with E-state index < -0.39 is 0 Å². The molecule has 0 saturated heterocycles. The summed E-state index contributed by atoms with van der Waals surface area (Å²) >= 11 is 0. The molecule has 0 unspecified atom stereocenters. The molecule has 0 aliphatic heterocycles. The Labute approximate surface area is 106 Å². The van der Waals surface area contributed by atoms with E-state index in [2.05, 4.69) is 35.7 Å². The molecule has 0 saturated carbocycles. The van der Waals surface area contributed by atoms with Crippen molar-refractivity contribution in [1.82, 2.24) is 19.5 Å². The zero-order chi connectivity index (χ0) is 13.3. The van der Waals surface area contributed by atoms with Crippen LogP contribution in [0.25, 0.3) is 11.1 Å². The average molecular weight is 244 g/mol. The first-order valence-corrected chi connectivity index (χ1v) is 5.73. The maximum atomic E-state index is 11.2. The molecule has 0 amide bonds. The highest BCUT2D eigenvalue weighted by atomic mass is 16.1. The van der Waals surface area contributed by atoms with Gasteiger partial charge >= 0.3 is 5.69 Å². The van der Waals surface area contributed by atoms with E-state index in [0.29, 0.717) is 0 Å². The second kappa shape index (κ2) is 4.33. The van der Waals surface area contributed by atoms with Crippen molar-refractivity contribution in [3.63, 3.8) is 0 Å². The first-order chi connectivity index (χ1) is 8.38. The molecule has 0 atom stereocenters. The standard InChI is InChI=1S/C13H16N4O/c1-13(2,3)11-14-5-9(6-15-11)10-7-16-12(18)17(4)8-10/h5-8H,1-4H3. The van der Waals surface area contributed by atoms with Gasteiger partial charge in [0.2, 0.25) is 0 Å². The molecule has 0 spiro atoms. The van der Waals surface area contributed by atoms with Gasteiger partial charge in [-0.25, -0.2) is 19.7 Å². The van der Waals surface area contributed by atoms with Gasteiger partial charge < -0.3 is 4.57 Å². The number of aromatic nitrogens is 4. The van der Waals surface area contributed by atoms with Gasteiger partial charge in [-0.3, -0.25) is 0 Å². The highest BCUT2D eigenvalue weighted by Crippen LogP contribution is 2.20. The molecule has 5 nitrogen and oxygen atoms in total. The Balaban J connectivity index is 2.40. The maximum Gasteiger partial charge on any atom is 0.347 e. The fourth-order valence-corrected chi connectivity index (χ4v) is 1.53. The van der Waals surface area contributed by atoms with Gasteiger partial charge in [0, 0.05) is 48.4 Å². The third-order valence-corrected chi connectivity index (χ3v) is 2.60. The van der Waals surface area contributed by atoms with Gasteiger partial charge in [0.1, 0.15) is 5.82 Å². The molecule has 0 bridgehead atoms. The van der Waals surface area contributed by atoms with E-state index in [1.54, 1.807) is 25.6 Å². The summed E-state index contributed by atoms with van der Waals surface area (Å²) in [7, 11) is 1.67. The summed E-state index contributed by atoms with van der Waals surface area (Å²) in [6.45, 7) is 6.20. The van der Waals surface area contributed by atoms with Crippen LogP contribution in [0, 0.1) is 0 Å². The van der Waals surface area contributed by atoms with Crippen LogP contribution in [0.3, 0.4) is 0 Å². The number of aryl methyl sites for hydroxylation is 1. The van der Waals surface area contributed by atoms with Crippen LogP contribution >= 0.6 is 0 Å². The van der Waals surface area contributed by atoms with E-state index in [9.17, 15) is 4.79 Å². The normalized spacial score (nSPS) is 11.6. The van der Waals surface area contributed by atoms with E-state index >= 15 is 0 Å². The fourth-order valence-electron chi connectivity index (χ4n) is 1.53. The van der Waals surface area contributed by atoms with Crippen LogP contribution in [0.5, 0.6) is 0 Å². The third-order valence-electron chi connectivity index (χ3n) is 2.60. The minimum Gasteiger partial charge on any atom is -0.302 e. The van der Waals surface area contributed by atoms with Crippen molar-refractivity contribution in [2.45, 2.75) is 26.2 Å². The van der Waals surface area contributed by atoms with Crippen LogP contribution in [0.15, 0.2) is 29.6 Å². The Bertz CT molecular complexity index is 608. The van der Waals surface area contributed by atoms with Crippen LogP contribution in [-0.4, -0.2) is 19.5 Å². The predicted octanol–water partition coefficient (Wildman–Crippen LogP) is 1.53. The summed E-state index contributed by atoms with van der Waals surface area (Å²) in [5.41, 5.74) is 1.34. The molecule has 2 rings (SSSR count). The second-order valence-corrected chi connectivity index (χ2v) is 5.28. The van der Waals surface area contributed by atoms with Crippen molar-refractivity contribution < 1.29 is 0 Å². The molecule has 0 fully saturated rings. The first-order valence-electron chi connectivity index (χ1n) is 5.73. The van der Waals surface area contributed by atoms with E-state index in [0.717, 1.165) is 17.0 Å². The van der Waals surface area contributed by atoms with Crippen molar-refractivity contribution in [2.75, 3.05) is 0 Å². The van der Waals surface area contributed by atoms with Crippen LogP contribution in [-0.2, 0) is 12.5 Å². The fraction of sp³-hybridized carbons (Fsp3) is 0.385. The van der Waals surface area contributed by atoms with Crippen LogP contribution < -0.4 is 5.69 Å². The molecule has 94 valence electrons. The minimum absolute atomic E-state index is 0.0691. The molecule has 0 aliphatic carbocycles. The third kappa shape index (κ3) is 2.45. The zero-order valence-electron chi connectivity index (χ0n) is 11.0. The topological polar surface area (TPSA) is 60.7 Å². The van der Waals surface area contributed by atoms with E-state index in [-0.39, 0.29) is 11.1 Å². The Morgan fingerprint density at radius 2 is 1.56 bits per heavy atom. The van der Waals surface area contributed by atoms with Crippen molar-refractivity contribution in [3.8, 4) is 11.1 Å². The molecule has 0 N–H and O–H groups in total. The molecule has 0 aliphatic rings. The molecule has 0 aromatic carbocycles. The molecule has 18 heavy (non-hydrogen) atoms. The van der Waals surface area contributed by atoms with E-state index in [1.165, 1.54) is 10.8 Å². The lowest BCUT2D eigenvalue weighted by Gasteiger charge is -2.16. The van der Waals surface area contributed by atoms with Crippen molar-refractivity contribution in [3.05, 3.63) is 41.1 Å². The van der Waals surface area contributed by atoms with Gasteiger partial charge in [-0.15, -0.1) is 0 Å². The number of hydrogen-bond donors (Lipinski definition) is 0. The lowest BCUT2D eigenvalue weighted by molar-refractivity contribution is 0.545.